The number of benzene rings is 1. The quantitative estimate of drug-likeness (QED) is 0.763. The van der Waals surface area contributed by atoms with Crippen molar-refractivity contribution in [3.05, 3.63) is 35.1 Å². The van der Waals surface area contributed by atoms with Crippen LogP contribution < -0.4 is 0 Å². The van der Waals surface area contributed by atoms with E-state index in [1.165, 1.54) is 6.92 Å². The summed E-state index contributed by atoms with van der Waals surface area (Å²) in [6.07, 6.45) is -5.49. The van der Waals surface area contributed by atoms with Crippen molar-refractivity contribution < 1.29 is 22.7 Å². The zero-order chi connectivity index (χ0) is 11.6. The Hall–Kier alpha value is -1.10. The minimum absolute atomic E-state index is 0.125. The molecule has 0 radical (unpaired) electrons. The predicted molar refractivity (Wildman–Crippen MR) is 46.8 cm³/mol. The Morgan fingerprint density at radius 1 is 1.33 bits per heavy atom. The number of aliphatic hydroxyl groups is 1. The number of hydrogen-bond donors (Lipinski definition) is 1. The van der Waals surface area contributed by atoms with Crippen molar-refractivity contribution in [2.45, 2.75) is 25.6 Å². The molecular formula is C10H10F4O. The van der Waals surface area contributed by atoms with E-state index >= 15 is 0 Å². The molecule has 1 atom stereocenters. The number of rotatable bonds is 2. The Kier molecular flexibility index (Phi) is 3.34. The van der Waals surface area contributed by atoms with Crippen molar-refractivity contribution in [1.82, 2.24) is 0 Å². The highest BCUT2D eigenvalue weighted by atomic mass is 19.4. The summed E-state index contributed by atoms with van der Waals surface area (Å²) in [6.45, 7) is 1.39. The summed E-state index contributed by atoms with van der Waals surface area (Å²) in [4.78, 5) is 0. The van der Waals surface area contributed by atoms with Crippen molar-refractivity contribution in [3.63, 3.8) is 0 Å². The van der Waals surface area contributed by atoms with Gasteiger partial charge in [0, 0.05) is 6.42 Å². The van der Waals surface area contributed by atoms with E-state index < -0.39 is 23.7 Å². The smallest absolute Gasteiger partial charge is 0.393 e. The van der Waals surface area contributed by atoms with E-state index in [-0.39, 0.29) is 12.0 Å². The van der Waals surface area contributed by atoms with Crippen molar-refractivity contribution in [2.75, 3.05) is 0 Å². The Morgan fingerprint density at radius 2 is 1.93 bits per heavy atom. The van der Waals surface area contributed by atoms with Crippen molar-refractivity contribution in [1.29, 1.82) is 0 Å². The van der Waals surface area contributed by atoms with Gasteiger partial charge in [-0.05, 0) is 30.7 Å². The molecule has 1 rings (SSSR count). The molecule has 0 spiro atoms. The van der Waals surface area contributed by atoms with Crippen LogP contribution in [0.15, 0.2) is 18.2 Å². The highest BCUT2D eigenvalue weighted by Crippen LogP contribution is 2.30. The number of alkyl halides is 3. The molecule has 0 bridgehead atoms. The lowest BCUT2D eigenvalue weighted by atomic mass is 10.0. The second-order valence-corrected chi connectivity index (χ2v) is 3.36. The van der Waals surface area contributed by atoms with Crippen LogP contribution in [-0.2, 0) is 12.6 Å². The highest BCUT2D eigenvalue weighted by Gasteiger charge is 2.31. The van der Waals surface area contributed by atoms with E-state index in [9.17, 15) is 17.6 Å². The molecular weight excluding hydrogens is 212 g/mol. The third kappa shape index (κ3) is 3.20. The van der Waals surface area contributed by atoms with Gasteiger partial charge in [0.2, 0.25) is 0 Å². The van der Waals surface area contributed by atoms with Crippen LogP contribution in [0.1, 0.15) is 18.1 Å². The summed E-state index contributed by atoms with van der Waals surface area (Å²) in [5.41, 5.74) is -1.03. The summed E-state index contributed by atoms with van der Waals surface area (Å²) in [7, 11) is 0. The molecule has 0 saturated heterocycles. The molecule has 1 N–H and O–H groups in total. The normalized spacial score (nSPS) is 14.0. The summed E-state index contributed by atoms with van der Waals surface area (Å²) >= 11 is 0. The average Bonchev–Trinajstić information content (AvgIpc) is 2.06. The summed E-state index contributed by atoms with van der Waals surface area (Å²) in [5, 5.41) is 8.98. The first-order valence-corrected chi connectivity index (χ1v) is 4.34. The molecule has 1 aromatic rings. The van der Waals surface area contributed by atoms with Crippen LogP contribution in [0.5, 0.6) is 0 Å². The third-order valence-corrected chi connectivity index (χ3v) is 1.89. The van der Waals surface area contributed by atoms with Crippen LogP contribution in [0, 0.1) is 5.82 Å². The summed E-state index contributed by atoms with van der Waals surface area (Å²) in [6, 6.07) is 2.17. The lowest BCUT2D eigenvalue weighted by Crippen LogP contribution is -2.10. The fourth-order valence-electron chi connectivity index (χ4n) is 1.23. The third-order valence-electron chi connectivity index (χ3n) is 1.89. The van der Waals surface area contributed by atoms with Crippen LogP contribution >= 0.6 is 0 Å². The van der Waals surface area contributed by atoms with E-state index in [1.54, 1.807) is 0 Å². The fourth-order valence-corrected chi connectivity index (χ4v) is 1.23. The maximum Gasteiger partial charge on any atom is 0.416 e. The molecule has 5 heteroatoms. The molecule has 0 fully saturated rings. The monoisotopic (exact) mass is 222 g/mol. The van der Waals surface area contributed by atoms with E-state index in [0.29, 0.717) is 6.07 Å². The van der Waals surface area contributed by atoms with E-state index in [1.807, 2.05) is 0 Å². The minimum Gasteiger partial charge on any atom is -0.393 e. The van der Waals surface area contributed by atoms with Gasteiger partial charge in [0.05, 0.1) is 11.7 Å². The number of aliphatic hydroxyl groups excluding tert-OH is 1. The maximum atomic E-state index is 13.0. The number of hydrogen-bond acceptors (Lipinski definition) is 1. The molecule has 0 aliphatic heterocycles. The Labute approximate surface area is 84.3 Å². The largest absolute Gasteiger partial charge is 0.416 e. The fraction of sp³-hybridized carbons (Fsp3) is 0.400. The van der Waals surface area contributed by atoms with Gasteiger partial charge in [-0.15, -0.1) is 0 Å². The Bertz CT molecular complexity index is 344. The first-order chi connectivity index (χ1) is 6.80. The van der Waals surface area contributed by atoms with Gasteiger partial charge in [-0.3, -0.25) is 0 Å². The number of halogens is 4. The van der Waals surface area contributed by atoms with Crippen LogP contribution in [0.3, 0.4) is 0 Å². The molecule has 0 aliphatic rings. The van der Waals surface area contributed by atoms with Crippen LogP contribution in [-0.4, -0.2) is 11.2 Å². The average molecular weight is 222 g/mol. The highest BCUT2D eigenvalue weighted by molar-refractivity contribution is 5.27. The topological polar surface area (TPSA) is 20.2 Å². The molecule has 0 aliphatic carbocycles. The zero-order valence-corrected chi connectivity index (χ0v) is 7.98. The van der Waals surface area contributed by atoms with Gasteiger partial charge >= 0.3 is 6.18 Å². The van der Waals surface area contributed by atoms with Crippen molar-refractivity contribution in [2.24, 2.45) is 0 Å². The van der Waals surface area contributed by atoms with Gasteiger partial charge in [0.15, 0.2) is 0 Å². The zero-order valence-electron chi connectivity index (χ0n) is 7.98. The molecule has 0 saturated carbocycles. The summed E-state index contributed by atoms with van der Waals surface area (Å²) in [5.74, 6) is -0.732. The molecule has 0 amide bonds. The van der Waals surface area contributed by atoms with E-state index in [2.05, 4.69) is 0 Å². The summed E-state index contributed by atoms with van der Waals surface area (Å²) < 4.78 is 49.8. The maximum absolute atomic E-state index is 13.0. The van der Waals surface area contributed by atoms with E-state index in [0.717, 1.165) is 12.1 Å². The van der Waals surface area contributed by atoms with Crippen LogP contribution in [0.25, 0.3) is 0 Å². The molecule has 15 heavy (non-hydrogen) atoms. The predicted octanol–water partition coefficient (Wildman–Crippen LogP) is 2.77. The first kappa shape index (κ1) is 12.0. The van der Waals surface area contributed by atoms with Gasteiger partial charge in [-0.2, -0.15) is 13.2 Å². The van der Waals surface area contributed by atoms with Gasteiger partial charge in [0.1, 0.15) is 5.82 Å². The molecule has 1 nitrogen and oxygen atoms in total. The Balaban J connectivity index is 3.06. The molecule has 1 unspecified atom stereocenters. The second kappa shape index (κ2) is 4.18. The SMILES string of the molecule is CC(O)Cc1cc(C(F)(F)F)ccc1F. The van der Waals surface area contributed by atoms with Crippen LogP contribution in [0.4, 0.5) is 17.6 Å². The lowest BCUT2D eigenvalue weighted by Gasteiger charge is -2.10. The van der Waals surface area contributed by atoms with Gasteiger partial charge in [-0.1, -0.05) is 0 Å². The van der Waals surface area contributed by atoms with Gasteiger partial charge in [-0.25, -0.2) is 4.39 Å². The first-order valence-electron chi connectivity index (χ1n) is 4.34. The van der Waals surface area contributed by atoms with Gasteiger partial charge in [0.25, 0.3) is 0 Å². The lowest BCUT2D eigenvalue weighted by molar-refractivity contribution is -0.137. The second-order valence-electron chi connectivity index (χ2n) is 3.36. The standard InChI is InChI=1S/C10H10F4O/c1-6(15)4-7-5-8(10(12,13)14)2-3-9(7)11/h2-3,5-6,15H,4H2,1H3. The van der Waals surface area contributed by atoms with Crippen molar-refractivity contribution >= 4 is 0 Å². The molecule has 84 valence electrons. The molecule has 0 aromatic heterocycles. The van der Waals surface area contributed by atoms with Crippen LogP contribution in [0.2, 0.25) is 0 Å². The van der Waals surface area contributed by atoms with Crippen molar-refractivity contribution in [3.8, 4) is 0 Å². The van der Waals surface area contributed by atoms with E-state index in [4.69, 9.17) is 5.11 Å². The van der Waals surface area contributed by atoms with Gasteiger partial charge < -0.3 is 5.11 Å². The molecule has 0 heterocycles. The Morgan fingerprint density at radius 3 is 2.40 bits per heavy atom. The minimum atomic E-state index is -4.48. The molecule has 1 aromatic carbocycles.